The number of alkyl halides is 3. The molecule has 2 rings (SSSR count). The van der Waals surface area contributed by atoms with Gasteiger partial charge in [0.15, 0.2) is 0 Å². The summed E-state index contributed by atoms with van der Waals surface area (Å²) >= 11 is 0. The van der Waals surface area contributed by atoms with E-state index in [0.29, 0.717) is 12.8 Å². The lowest BCUT2D eigenvalue weighted by Gasteiger charge is -2.13. The van der Waals surface area contributed by atoms with Gasteiger partial charge >= 0.3 is 6.18 Å². The van der Waals surface area contributed by atoms with E-state index in [1.165, 1.54) is 12.1 Å². The molecule has 0 heterocycles. The molecule has 2 aromatic carbocycles. The minimum absolute atomic E-state index is 0.190. The van der Waals surface area contributed by atoms with Crippen molar-refractivity contribution in [2.75, 3.05) is 0 Å². The summed E-state index contributed by atoms with van der Waals surface area (Å²) in [5, 5.41) is 0. The summed E-state index contributed by atoms with van der Waals surface area (Å²) in [6.45, 7) is 0. The van der Waals surface area contributed by atoms with Crippen molar-refractivity contribution in [3.63, 3.8) is 0 Å². The SMILES string of the molecule is O=CCCc1ccc(-c2cc(F)ccc2C(F)(F)F)cc1. The van der Waals surface area contributed by atoms with Crippen LogP contribution in [-0.4, -0.2) is 6.29 Å². The smallest absolute Gasteiger partial charge is 0.303 e. The molecule has 0 saturated carbocycles. The molecule has 0 fully saturated rings. The number of rotatable bonds is 4. The second kappa shape index (κ2) is 6.08. The maximum Gasteiger partial charge on any atom is 0.417 e. The largest absolute Gasteiger partial charge is 0.417 e. The molecule has 0 aliphatic carbocycles. The number of hydrogen-bond donors (Lipinski definition) is 0. The Labute approximate surface area is 119 Å². The van der Waals surface area contributed by atoms with E-state index in [4.69, 9.17) is 0 Å². The van der Waals surface area contributed by atoms with Crippen LogP contribution >= 0.6 is 0 Å². The number of benzene rings is 2. The second-order valence-electron chi connectivity index (χ2n) is 4.59. The summed E-state index contributed by atoms with van der Waals surface area (Å²) in [5.41, 5.74) is 0.0708. The van der Waals surface area contributed by atoms with Crippen molar-refractivity contribution in [3.8, 4) is 11.1 Å². The van der Waals surface area contributed by atoms with Crippen LogP contribution < -0.4 is 0 Å². The number of carbonyl (C=O) groups is 1. The lowest BCUT2D eigenvalue weighted by molar-refractivity contribution is -0.137. The molecule has 0 unspecified atom stereocenters. The minimum atomic E-state index is -4.54. The zero-order valence-electron chi connectivity index (χ0n) is 11.0. The van der Waals surface area contributed by atoms with Crippen LogP contribution in [0.15, 0.2) is 42.5 Å². The molecule has 0 atom stereocenters. The summed E-state index contributed by atoms with van der Waals surface area (Å²) < 4.78 is 52.1. The summed E-state index contributed by atoms with van der Waals surface area (Å²) in [4.78, 5) is 10.3. The topological polar surface area (TPSA) is 17.1 Å². The molecule has 2 aromatic rings. The Kier molecular flexibility index (Phi) is 4.40. The molecule has 110 valence electrons. The monoisotopic (exact) mass is 296 g/mol. The Bertz CT molecular complexity index is 630. The quantitative estimate of drug-likeness (QED) is 0.593. The number of aldehydes is 1. The van der Waals surface area contributed by atoms with Crippen LogP contribution in [0.1, 0.15) is 17.5 Å². The molecule has 0 aromatic heterocycles. The molecule has 0 aliphatic heterocycles. The molecular weight excluding hydrogens is 284 g/mol. The molecular formula is C16H12F4O. The predicted octanol–water partition coefficient (Wildman–Crippen LogP) is 4.64. The van der Waals surface area contributed by atoms with Gasteiger partial charge in [-0.3, -0.25) is 0 Å². The summed E-state index contributed by atoms with van der Waals surface area (Å²) in [6.07, 6.45) is -2.88. The zero-order valence-corrected chi connectivity index (χ0v) is 11.0. The summed E-state index contributed by atoms with van der Waals surface area (Å²) in [7, 11) is 0. The summed E-state index contributed by atoms with van der Waals surface area (Å²) in [5.74, 6) is -0.719. The van der Waals surface area contributed by atoms with Crippen LogP contribution in [0.2, 0.25) is 0 Å². The van der Waals surface area contributed by atoms with E-state index in [9.17, 15) is 22.4 Å². The highest BCUT2D eigenvalue weighted by Crippen LogP contribution is 2.37. The number of aryl methyl sites for hydroxylation is 1. The first-order valence-corrected chi connectivity index (χ1v) is 6.31. The van der Waals surface area contributed by atoms with Crippen molar-refractivity contribution in [1.82, 2.24) is 0 Å². The van der Waals surface area contributed by atoms with Crippen LogP contribution in [0.3, 0.4) is 0 Å². The second-order valence-corrected chi connectivity index (χ2v) is 4.59. The van der Waals surface area contributed by atoms with Gasteiger partial charge in [0.25, 0.3) is 0 Å². The standard InChI is InChI=1S/C16H12F4O/c17-13-7-8-15(16(18,19)20)14(10-13)12-5-3-11(4-6-12)2-1-9-21/h3-10H,1-2H2. The van der Waals surface area contributed by atoms with Crippen LogP contribution in [-0.2, 0) is 17.4 Å². The van der Waals surface area contributed by atoms with E-state index in [1.54, 1.807) is 12.1 Å². The normalized spacial score (nSPS) is 11.4. The van der Waals surface area contributed by atoms with Crippen molar-refractivity contribution >= 4 is 6.29 Å². The number of carbonyl (C=O) groups excluding carboxylic acids is 1. The first kappa shape index (κ1) is 15.2. The molecule has 0 spiro atoms. The van der Waals surface area contributed by atoms with Crippen LogP contribution in [0, 0.1) is 5.82 Å². The van der Waals surface area contributed by atoms with E-state index in [-0.39, 0.29) is 11.1 Å². The fraction of sp³-hybridized carbons (Fsp3) is 0.188. The van der Waals surface area contributed by atoms with Crippen LogP contribution in [0.4, 0.5) is 17.6 Å². The van der Waals surface area contributed by atoms with Gasteiger partial charge in [-0.05, 0) is 41.3 Å². The molecule has 0 bridgehead atoms. The van der Waals surface area contributed by atoms with Gasteiger partial charge in [-0.1, -0.05) is 24.3 Å². The molecule has 0 N–H and O–H groups in total. The molecule has 1 nitrogen and oxygen atoms in total. The van der Waals surface area contributed by atoms with Crippen LogP contribution in [0.5, 0.6) is 0 Å². The van der Waals surface area contributed by atoms with Gasteiger partial charge in [-0.2, -0.15) is 13.2 Å². The molecule has 0 amide bonds. The van der Waals surface area contributed by atoms with Gasteiger partial charge in [-0.25, -0.2) is 4.39 Å². The van der Waals surface area contributed by atoms with Gasteiger partial charge in [0.05, 0.1) is 5.56 Å². The third-order valence-corrected chi connectivity index (χ3v) is 3.10. The molecule has 0 radical (unpaired) electrons. The average Bonchev–Trinajstić information content (AvgIpc) is 2.44. The molecule has 0 aliphatic rings. The van der Waals surface area contributed by atoms with Crippen molar-refractivity contribution in [3.05, 3.63) is 59.4 Å². The molecule has 21 heavy (non-hydrogen) atoms. The van der Waals surface area contributed by atoms with E-state index in [1.807, 2.05) is 0 Å². The number of halogens is 4. The Morgan fingerprint density at radius 1 is 1.00 bits per heavy atom. The first-order chi connectivity index (χ1) is 9.91. The lowest BCUT2D eigenvalue weighted by atomic mass is 9.97. The minimum Gasteiger partial charge on any atom is -0.303 e. The maximum atomic E-state index is 13.3. The highest BCUT2D eigenvalue weighted by atomic mass is 19.4. The maximum absolute atomic E-state index is 13.3. The predicted molar refractivity (Wildman–Crippen MR) is 71.2 cm³/mol. The average molecular weight is 296 g/mol. The fourth-order valence-electron chi connectivity index (χ4n) is 2.08. The Morgan fingerprint density at radius 3 is 2.24 bits per heavy atom. The molecule has 0 saturated heterocycles. The zero-order chi connectivity index (χ0) is 15.5. The van der Waals surface area contributed by atoms with Crippen LogP contribution in [0.25, 0.3) is 11.1 Å². The van der Waals surface area contributed by atoms with Gasteiger partial charge in [0.2, 0.25) is 0 Å². The van der Waals surface area contributed by atoms with Gasteiger partial charge < -0.3 is 4.79 Å². The third-order valence-electron chi connectivity index (χ3n) is 3.10. The Morgan fingerprint density at radius 2 is 1.67 bits per heavy atom. The van der Waals surface area contributed by atoms with Gasteiger partial charge in [-0.15, -0.1) is 0 Å². The highest BCUT2D eigenvalue weighted by molar-refractivity contribution is 5.68. The Balaban J connectivity index is 2.41. The summed E-state index contributed by atoms with van der Waals surface area (Å²) in [6, 6.07) is 8.71. The van der Waals surface area contributed by atoms with Crippen molar-refractivity contribution in [2.45, 2.75) is 19.0 Å². The Hall–Kier alpha value is -2.17. The van der Waals surface area contributed by atoms with Crippen molar-refractivity contribution < 1.29 is 22.4 Å². The van der Waals surface area contributed by atoms with E-state index < -0.39 is 17.6 Å². The van der Waals surface area contributed by atoms with Crippen molar-refractivity contribution in [1.29, 1.82) is 0 Å². The van der Waals surface area contributed by atoms with E-state index >= 15 is 0 Å². The van der Waals surface area contributed by atoms with Crippen molar-refractivity contribution in [2.24, 2.45) is 0 Å². The highest BCUT2D eigenvalue weighted by Gasteiger charge is 2.33. The van der Waals surface area contributed by atoms with Gasteiger partial charge in [0, 0.05) is 6.42 Å². The first-order valence-electron chi connectivity index (χ1n) is 6.31. The van der Waals surface area contributed by atoms with E-state index in [0.717, 1.165) is 30.0 Å². The third kappa shape index (κ3) is 3.68. The lowest BCUT2D eigenvalue weighted by Crippen LogP contribution is -2.07. The van der Waals surface area contributed by atoms with E-state index in [2.05, 4.69) is 0 Å². The van der Waals surface area contributed by atoms with Gasteiger partial charge in [0.1, 0.15) is 12.1 Å². The number of hydrogen-bond acceptors (Lipinski definition) is 1. The molecule has 5 heteroatoms. The fourth-order valence-corrected chi connectivity index (χ4v) is 2.08.